The van der Waals surface area contributed by atoms with Crippen LogP contribution in [0.4, 0.5) is 0 Å². The fourth-order valence-corrected chi connectivity index (χ4v) is 0.957. The molecule has 1 aromatic heterocycles. The fraction of sp³-hybridized carbons (Fsp3) is 0.333. The summed E-state index contributed by atoms with van der Waals surface area (Å²) in [5.41, 5.74) is 0.515. The van der Waals surface area contributed by atoms with Crippen LogP contribution in [0.5, 0.6) is 0 Å². The van der Waals surface area contributed by atoms with Gasteiger partial charge in [-0.2, -0.15) is 0 Å². The summed E-state index contributed by atoms with van der Waals surface area (Å²) in [6.45, 7) is 1.92. The lowest BCUT2D eigenvalue weighted by molar-refractivity contribution is -0.135. The van der Waals surface area contributed by atoms with Crippen molar-refractivity contribution in [3.8, 4) is 0 Å². The molecule has 15 heavy (non-hydrogen) atoms. The summed E-state index contributed by atoms with van der Waals surface area (Å²) in [5, 5.41) is 11.5. The predicted molar refractivity (Wildman–Crippen MR) is 51.6 cm³/mol. The van der Waals surface area contributed by atoms with Crippen molar-refractivity contribution in [1.29, 1.82) is 0 Å². The Balaban J connectivity index is 2.67. The molecule has 0 atom stereocenters. The van der Waals surface area contributed by atoms with Crippen LogP contribution >= 0.6 is 0 Å². The minimum absolute atomic E-state index is 0.0736. The SMILES string of the molecule is CCOC(=O)/C(Cc1ccncn1)=N/O. The van der Waals surface area contributed by atoms with Gasteiger partial charge in [0.15, 0.2) is 5.71 Å². The molecular weight excluding hydrogens is 198 g/mol. The van der Waals surface area contributed by atoms with Crippen molar-refractivity contribution >= 4 is 11.7 Å². The van der Waals surface area contributed by atoms with E-state index in [4.69, 9.17) is 9.94 Å². The lowest BCUT2D eigenvalue weighted by Crippen LogP contribution is -2.20. The molecule has 0 aliphatic heterocycles. The largest absolute Gasteiger partial charge is 0.461 e. The number of rotatable bonds is 4. The molecule has 1 aromatic rings. The number of aromatic nitrogens is 2. The van der Waals surface area contributed by atoms with Crippen molar-refractivity contribution in [3.05, 3.63) is 24.3 Å². The number of ether oxygens (including phenoxy) is 1. The van der Waals surface area contributed by atoms with E-state index in [-0.39, 0.29) is 18.7 Å². The van der Waals surface area contributed by atoms with Crippen LogP contribution < -0.4 is 0 Å². The number of carbonyl (C=O) groups excluding carboxylic acids is 1. The molecule has 0 saturated carbocycles. The molecule has 0 amide bonds. The number of esters is 1. The molecular formula is C9H11N3O3. The molecule has 1 N–H and O–H groups in total. The van der Waals surface area contributed by atoms with Gasteiger partial charge in [0.25, 0.3) is 0 Å². The van der Waals surface area contributed by atoms with Crippen LogP contribution in [0.3, 0.4) is 0 Å². The van der Waals surface area contributed by atoms with Crippen molar-refractivity contribution in [2.75, 3.05) is 6.61 Å². The van der Waals surface area contributed by atoms with Crippen LogP contribution in [-0.4, -0.2) is 33.5 Å². The molecule has 0 aliphatic rings. The van der Waals surface area contributed by atoms with Crippen LogP contribution in [0.2, 0.25) is 0 Å². The average Bonchev–Trinajstić information content (AvgIpc) is 2.27. The first-order chi connectivity index (χ1) is 7.27. The van der Waals surface area contributed by atoms with Gasteiger partial charge in [0.05, 0.1) is 12.3 Å². The number of nitrogens with zero attached hydrogens (tertiary/aromatic N) is 3. The molecule has 80 valence electrons. The molecule has 0 spiro atoms. The van der Waals surface area contributed by atoms with E-state index in [1.807, 2.05) is 0 Å². The molecule has 1 heterocycles. The highest BCUT2D eigenvalue weighted by Crippen LogP contribution is 1.97. The van der Waals surface area contributed by atoms with E-state index in [9.17, 15) is 4.79 Å². The molecule has 0 aromatic carbocycles. The van der Waals surface area contributed by atoms with E-state index in [1.54, 1.807) is 19.2 Å². The summed E-state index contributed by atoms with van der Waals surface area (Å²) in [7, 11) is 0. The van der Waals surface area contributed by atoms with Crippen LogP contribution in [0.25, 0.3) is 0 Å². The van der Waals surface area contributed by atoms with E-state index in [1.165, 1.54) is 6.33 Å². The monoisotopic (exact) mass is 209 g/mol. The summed E-state index contributed by atoms with van der Waals surface area (Å²) < 4.78 is 4.69. The highest BCUT2D eigenvalue weighted by atomic mass is 16.5. The second-order valence-electron chi connectivity index (χ2n) is 2.64. The molecule has 0 bridgehead atoms. The second kappa shape index (κ2) is 5.69. The Bertz CT molecular complexity index is 351. The third kappa shape index (κ3) is 3.34. The molecule has 0 radical (unpaired) electrons. The summed E-state index contributed by atoms with van der Waals surface area (Å²) in [6, 6.07) is 1.63. The van der Waals surface area contributed by atoms with E-state index >= 15 is 0 Å². The van der Waals surface area contributed by atoms with E-state index in [2.05, 4.69) is 15.1 Å². The quantitative estimate of drug-likeness (QED) is 0.336. The zero-order valence-corrected chi connectivity index (χ0v) is 8.25. The van der Waals surface area contributed by atoms with Gasteiger partial charge >= 0.3 is 5.97 Å². The summed E-state index contributed by atoms with van der Waals surface area (Å²) >= 11 is 0. The fourth-order valence-electron chi connectivity index (χ4n) is 0.957. The zero-order valence-electron chi connectivity index (χ0n) is 8.25. The van der Waals surface area contributed by atoms with Crippen molar-refractivity contribution in [2.24, 2.45) is 5.16 Å². The molecule has 0 fully saturated rings. The van der Waals surface area contributed by atoms with Crippen molar-refractivity contribution in [3.63, 3.8) is 0 Å². The van der Waals surface area contributed by atoms with E-state index in [0.717, 1.165) is 0 Å². The minimum atomic E-state index is -0.640. The Morgan fingerprint density at radius 2 is 2.47 bits per heavy atom. The highest BCUT2D eigenvalue weighted by molar-refractivity contribution is 6.36. The Kier molecular flexibility index (Phi) is 4.21. The van der Waals surface area contributed by atoms with Crippen LogP contribution in [0, 0.1) is 0 Å². The smallest absolute Gasteiger partial charge is 0.356 e. The van der Waals surface area contributed by atoms with Gasteiger partial charge in [-0.3, -0.25) is 0 Å². The topological polar surface area (TPSA) is 84.7 Å². The van der Waals surface area contributed by atoms with Gasteiger partial charge in [-0.25, -0.2) is 14.8 Å². The Labute approximate surface area is 86.6 Å². The van der Waals surface area contributed by atoms with E-state index < -0.39 is 5.97 Å². The summed E-state index contributed by atoms with van der Waals surface area (Å²) in [5.74, 6) is -0.640. The van der Waals surface area contributed by atoms with Crippen molar-refractivity contribution in [1.82, 2.24) is 9.97 Å². The van der Waals surface area contributed by atoms with Gasteiger partial charge < -0.3 is 9.94 Å². The van der Waals surface area contributed by atoms with Gasteiger partial charge in [0.2, 0.25) is 0 Å². The highest BCUT2D eigenvalue weighted by Gasteiger charge is 2.14. The molecule has 0 aliphatic carbocycles. The van der Waals surface area contributed by atoms with E-state index in [0.29, 0.717) is 5.69 Å². The van der Waals surface area contributed by atoms with Gasteiger partial charge in [0, 0.05) is 12.6 Å². The molecule has 0 unspecified atom stereocenters. The Morgan fingerprint density at radius 3 is 3.00 bits per heavy atom. The van der Waals surface area contributed by atoms with Crippen molar-refractivity contribution < 1.29 is 14.7 Å². The number of hydrogen-bond donors (Lipinski definition) is 1. The number of hydrogen-bond acceptors (Lipinski definition) is 6. The summed E-state index contributed by atoms with van der Waals surface area (Å²) in [6.07, 6.45) is 3.02. The second-order valence-corrected chi connectivity index (χ2v) is 2.64. The standard InChI is InChI=1S/C9H11N3O3/c1-2-15-9(13)8(12-14)5-7-3-4-10-6-11-7/h3-4,6,14H,2,5H2,1H3/b12-8+. The molecule has 6 nitrogen and oxygen atoms in total. The first-order valence-corrected chi connectivity index (χ1v) is 4.40. The molecule has 1 rings (SSSR count). The van der Waals surface area contributed by atoms with Crippen LogP contribution in [0.1, 0.15) is 12.6 Å². The zero-order chi connectivity index (χ0) is 11.1. The minimum Gasteiger partial charge on any atom is -0.461 e. The lowest BCUT2D eigenvalue weighted by Gasteiger charge is -2.02. The molecule has 0 saturated heterocycles. The van der Waals surface area contributed by atoms with Crippen LogP contribution in [-0.2, 0) is 16.0 Å². The predicted octanol–water partition coefficient (Wildman–Crippen LogP) is 0.412. The average molecular weight is 209 g/mol. The summed E-state index contributed by atoms with van der Waals surface area (Å²) in [4.78, 5) is 18.9. The van der Waals surface area contributed by atoms with Crippen LogP contribution in [0.15, 0.2) is 23.7 Å². The maximum Gasteiger partial charge on any atom is 0.356 e. The lowest BCUT2D eigenvalue weighted by atomic mass is 10.2. The maximum atomic E-state index is 11.2. The third-order valence-electron chi connectivity index (χ3n) is 1.62. The van der Waals surface area contributed by atoms with Gasteiger partial charge in [-0.1, -0.05) is 5.16 Å². The Hall–Kier alpha value is -1.98. The maximum absolute atomic E-state index is 11.2. The van der Waals surface area contributed by atoms with Gasteiger partial charge in [-0.05, 0) is 13.0 Å². The number of oxime groups is 1. The Morgan fingerprint density at radius 1 is 1.67 bits per heavy atom. The molecule has 6 heteroatoms. The number of carbonyl (C=O) groups is 1. The van der Waals surface area contributed by atoms with Gasteiger partial charge in [0.1, 0.15) is 6.33 Å². The first-order valence-electron chi connectivity index (χ1n) is 4.40. The normalized spacial score (nSPS) is 11.1. The van der Waals surface area contributed by atoms with Gasteiger partial charge in [-0.15, -0.1) is 0 Å². The first kappa shape index (κ1) is 11.1. The van der Waals surface area contributed by atoms with Crippen molar-refractivity contribution in [2.45, 2.75) is 13.3 Å². The third-order valence-corrected chi connectivity index (χ3v) is 1.62.